The second-order valence-corrected chi connectivity index (χ2v) is 7.21. The lowest BCUT2D eigenvalue weighted by Gasteiger charge is -2.29. The average Bonchev–Trinajstić information content (AvgIpc) is 3.37. The quantitative estimate of drug-likeness (QED) is 0.739. The average molecular weight is 388 g/mol. The van der Waals surface area contributed by atoms with Gasteiger partial charge in [0.1, 0.15) is 5.82 Å². The Balaban J connectivity index is 1.72. The van der Waals surface area contributed by atoms with E-state index in [1.165, 1.54) is 16.7 Å². The number of halogens is 1. The number of ether oxygens (including phenoxy) is 1. The number of benzene rings is 1. The van der Waals surface area contributed by atoms with Crippen LogP contribution >= 0.6 is 0 Å². The molecule has 2 N–H and O–H groups in total. The molecule has 1 aliphatic heterocycles. The summed E-state index contributed by atoms with van der Waals surface area (Å²) >= 11 is 0. The lowest BCUT2D eigenvalue weighted by molar-refractivity contribution is 0.0652. The van der Waals surface area contributed by atoms with Gasteiger partial charge >= 0.3 is 0 Å². The van der Waals surface area contributed by atoms with E-state index in [-0.39, 0.29) is 36.1 Å². The Bertz CT molecular complexity index is 972. The van der Waals surface area contributed by atoms with Crippen LogP contribution in [0.15, 0.2) is 35.1 Å². The zero-order valence-corrected chi connectivity index (χ0v) is 15.3. The van der Waals surface area contributed by atoms with Gasteiger partial charge < -0.3 is 19.8 Å². The number of hydrogen-bond donors (Lipinski definition) is 2. The molecule has 148 valence electrons. The standard InChI is InChI=1S/C20H21FN2O5/c1-2-7-28-10-13-16-17(13)23-15(25)8-14(24)19(26)18(23)20(27)22(16)9-11-3-5-12(21)6-4-11/h3-6,8,13,16-17,24,26H,2,7,9-10H2,1H3/t13-,16-,17+/m1/s1. The molecule has 2 heterocycles. The van der Waals surface area contributed by atoms with E-state index in [1.54, 1.807) is 17.0 Å². The Kier molecular flexibility index (Phi) is 4.58. The topological polar surface area (TPSA) is 92.0 Å². The first-order chi connectivity index (χ1) is 13.4. The van der Waals surface area contributed by atoms with Crippen LogP contribution in [-0.4, -0.2) is 44.8 Å². The van der Waals surface area contributed by atoms with Gasteiger partial charge in [-0.15, -0.1) is 0 Å². The largest absolute Gasteiger partial charge is 0.504 e. The summed E-state index contributed by atoms with van der Waals surface area (Å²) in [5.74, 6) is -2.24. The molecule has 0 spiro atoms. The molecular weight excluding hydrogens is 367 g/mol. The summed E-state index contributed by atoms with van der Waals surface area (Å²) in [7, 11) is 0. The minimum Gasteiger partial charge on any atom is -0.504 e. The maximum Gasteiger partial charge on any atom is 0.275 e. The Hall–Kier alpha value is -2.87. The SMILES string of the molecule is CCCOC[C@@H]1[C@@H]2[C@H]1n1c(c(O)c(O)cc1=O)C(=O)N2Cc1ccc(F)cc1. The maximum atomic E-state index is 13.2. The number of hydrogen-bond acceptors (Lipinski definition) is 5. The third-order valence-corrected chi connectivity index (χ3v) is 5.34. The van der Waals surface area contributed by atoms with Crippen molar-refractivity contribution in [3.8, 4) is 11.5 Å². The molecule has 1 saturated carbocycles. The highest BCUT2D eigenvalue weighted by Gasteiger charge is 2.61. The van der Waals surface area contributed by atoms with Crippen LogP contribution in [0.25, 0.3) is 0 Å². The Morgan fingerprint density at radius 3 is 2.54 bits per heavy atom. The maximum absolute atomic E-state index is 13.2. The van der Waals surface area contributed by atoms with Crippen molar-refractivity contribution in [1.82, 2.24) is 9.47 Å². The van der Waals surface area contributed by atoms with Crippen molar-refractivity contribution in [1.29, 1.82) is 0 Å². The van der Waals surface area contributed by atoms with Crippen molar-refractivity contribution in [2.45, 2.75) is 32.0 Å². The molecule has 2 aromatic rings. The molecule has 1 amide bonds. The van der Waals surface area contributed by atoms with Crippen molar-refractivity contribution in [3.63, 3.8) is 0 Å². The van der Waals surface area contributed by atoms with Crippen molar-refractivity contribution in [2.24, 2.45) is 5.92 Å². The third-order valence-electron chi connectivity index (χ3n) is 5.34. The number of amides is 1. The van der Waals surface area contributed by atoms with Crippen molar-refractivity contribution in [2.75, 3.05) is 13.2 Å². The summed E-state index contributed by atoms with van der Waals surface area (Å²) in [5.41, 5.74) is -0.0245. The fraction of sp³-hybridized carbons (Fsp3) is 0.400. The molecule has 1 aliphatic carbocycles. The molecule has 0 unspecified atom stereocenters. The summed E-state index contributed by atoms with van der Waals surface area (Å²) in [6, 6.07) is 6.14. The summed E-state index contributed by atoms with van der Waals surface area (Å²) in [5, 5.41) is 20.1. The molecule has 8 heteroatoms. The van der Waals surface area contributed by atoms with Gasteiger partial charge in [-0.2, -0.15) is 0 Å². The second-order valence-electron chi connectivity index (χ2n) is 7.21. The molecule has 0 radical (unpaired) electrons. The number of nitrogens with zero attached hydrogens (tertiary/aromatic N) is 2. The van der Waals surface area contributed by atoms with E-state index in [4.69, 9.17) is 4.74 Å². The second kappa shape index (κ2) is 6.94. The molecular formula is C20H21FN2O5. The number of pyridine rings is 1. The molecule has 0 saturated heterocycles. The first-order valence-corrected chi connectivity index (χ1v) is 9.24. The minimum atomic E-state index is -0.621. The van der Waals surface area contributed by atoms with Crippen LogP contribution < -0.4 is 5.56 Å². The number of fused-ring (bicyclic) bond motifs is 3. The first-order valence-electron chi connectivity index (χ1n) is 9.24. The van der Waals surface area contributed by atoms with Crippen LogP contribution in [0.2, 0.25) is 0 Å². The molecule has 1 aromatic heterocycles. The highest BCUT2D eigenvalue weighted by Crippen LogP contribution is 2.52. The van der Waals surface area contributed by atoms with Crippen molar-refractivity contribution < 1.29 is 24.1 Å². The van der Waals surface area contributed by atoms with E-state index >= 15 is 0 Å². The Morgan fingerprint density at radius 1 is 1.14 bits per heavy atom. The third kappa shape index (κ3) is 2.93. The molecule has 4 rings (SSSR count). The molecule has 28 heavy (non-hydrogen) atoms. The van der Waals surface area contributed by atoms with Gasteiger partial charge in [-0.25, -0.2) is 4.39 Å². The van der Waals surface area contributed by atoms with Gasteiger partial charge in [-0.1, -0.05) is 19.1 Å². The van der Waals surface area contributed by atoms with E-state index in [1.807, 2.05) is 6.92 Å². The van der Waals surface area contributed by atoms with E-state index in [9.17, 15) is 24.2 Å². The van der Waals surface area contributed by atoms with Gasteiger partial charge in [0.05, 0.1) is 18.7 Å². The van der Waals surface area contributed by atoms with Gasteiger partial charge in [0, 0.05) is 25.1 Å². The van der Waals surface area contributed by atoms with Crippen LogP contribution in [0.1, 0.15) is 35.4 Å². The summed E-state index contributed by atoms with van der Waals surface area (Å²) < 4.78 is 20.1. The highest BCUT2D eigenvalue weighted by atomic mass is 19.1. The zero-order valence-electron chi connectivity index (χ0n) is 15.3. The number of carbonyl (C=O) groups is 1. The first kappa shape index (κ1) is 18.5. The minimum absolute atomic E-state index is 0.0983. The van der Waals surface area contributed by atoms with Crippen LogP contribution in [0, 0.1) is 11.7 Å². The summed E-state index contributed by atoms with van der Waals surface area (Å²) in [6.45, 7) is 3.15. The number of aromatic hydroxyl groups is 2. The number of aromatic nitrogens is 1. The van der Waals surface area contributed by atoms with Gasteiger partial charge in [0.2, 0.25) is 0 Å². The predicted molar refractivity (Wildman–Crippen MR) is 97.7 cm³/mol. The van der Waals surface area contributed by atoms with E-state index < -0.39 is 23.0 Å². The van der Waals surface area contributed by atoms with E-state index in [2.05, 4.69) is 0 Å². The smallest absolute Gasteiger partial charge is 0.275 e. The van der Waals surface area contributed by atoms with Crippen LogP contribution in [0.5, 0.6) is 11.5 Å². The van der Waals surface area contributed by atoms with E-state index in [0.717, 1.165) is 18.1 Å². The molecule has 1 aromatic carbocycles. The zero-order chi connectivity index (χ0) is 20.0. The molecule has 0 bridgehead atoms. The van der Waals surface area contributed by atoms with Gasteiger partial charge in [0.15, 0.2) is 17.2 Å². The van der Waals surface area contributed by atoms with E-state index in [0.29, 0.717) is 13.2 Å². The molecule has 7 nitrogen and oxygen atoms in total. The number of rotatable bonds is 6. The van der Waals surface area contributed by atoms with Crippen molar-refractivity contribution in [3.05, 3.63) is 57.8 Å². The molecule has 1 fully saturated rings. The predicted octanol–water partition coefficient (Wildman–Crippen LogP) is 2.02. The lowest BCUT2D eigenvalue weighted by Crippen LogP contribution is -2.42. The van der Waals surface area contributed by atoms with Gasteiger partial charge in [0.25, 0.3) is 11.5 Å². The molecule has 2 aliphatic rings. The fourth-order valence-corrected chi connectivity index (χ4v) is 3.99. The van der Waals surface area contributed by atoms with Crippen LogP contribution in [0.4, 0.5) is 4.39 Å². The molecule has 3 atom stereocenters. The highest BCUT2D eigenvalue weighted by molar-refractivity contribution is 5.97. The van der Waals surface area contributed by atoms with Crippen LogP contribution in [0.3, 0.4) is 0 Å². The normalized spacial score (nSPS) is 22.7. The van der Waals surface area contributed by atoms with Crippen LogP contribution in [-0.2, 0) is 11.3 Å². The van der Waals surface area contributed by atoms with Gasteiger partial charge in [-0.3, -0.25) is 14.2 Å². The Labute approximate surface area is 160 Å². The van der Waals surface area contributed by atoms with Crippen molar-refractivity contribution >= 4 is 5.91 Å². The summed E-state index contributed by atoms with van der Waals surface area (Å²) in [6.07, 6.45) is 0.853. The monoisotopic (exact) mass is 388 g/mol. The lowest BCUT2D eigenvalue weighted by atomic mass is 10.1. The number of carbonyl (C=O) groups excluding carboxylic acids is 1. The fourth-order valence-electron chi connectivity index (χ4n) is 3.99. The Morgan fingerprint density at radius 2 is 1.86 bits per heavy atom. The van der Waals surface area contributed by atoms with Gasteiger partial charge in [-0.05, 0) is 24.1 Å². The summed E-state index contributed by atoms with van der Waals surface area (Å²) in [4.78, 5) is 27.1.